The highest BCUT2D eigenvalue weighted by Gasteiger charge is 2.22. The van der Waals surface area contributed by atoms with Crippen molar-refractivity contribution in [1.82, 2.24) is 10.0 Å². The minimum Gasteiger partial charge on any atom is -0.315 e. The summed E-state index contributed by atoms with van der Waals surface area (Å²) in [4.78, 5) is -0.0144. The lowest BCUT2D eigenvalue weighted by atomic mass is 10.1. The molecule has 0 amide bonds. The van der Waals surface area contributed by atoms with Gasteiger partial charge in [-0.2, -0.15) is 0 Å². The summed E-state index contributed by atoms with van der Waals surface area (Å²) in [7, 11) is -3.64. The number of hydrogen-bond donors (Lipinski definition) is 2. The topological polar surface area (TPSA) is 58.2 Å². The standard InChI is InChI=1S/C11H14ClFN2O2S/c12-10-6-9(3-4-11(10)13)18(16,17)15-8-2-1-5-14-7-8/h3-4,6,8,14-15H,1-2,5,7H2/t8-/m0/s1. The largest absolute Gasteiger partial charge is 0.315 e. The Morgan fingerprint density at radius 2 is 2.22 bits per heavy atom. The molecule has 1 saturated heterocycles. The SMILES string of the molecule is O=S(=O)(N[C@H]1CCCNC1)c1ccc(F)c(Cl)c1. The molecule has 0 saturated carbocycles. The zero-order chi connectivity index (χ0) is 13.2. The highest BCUT2D eigenvalue weighted by Crippen LogP contribution is 2.19. The lowest BCUT2D eigenvalue weighted by Gasteiger charge is -2.23. The van der Waals surface area contributed by atoms with Crippen LogP contribution in [0, 0.1) is 5.82 Å². The Balaban J connectivity index is 2.16. The third-order valence-electron chi connectivity index (χ3n) is 2.82. The Labute approximate surface area is 111 Å². The van der Waals surface area contributed by atoms with Crippen LogP contribution in [0.2, 0.25) is 5.02 Å². The van der Waals surface area contributed by atoms with E-state index in [-0.39, 0.29) is 16.0 Å². The minimum atomic E-state index is -3.64. The Kier molecular flexibility index (Phi) is 4.21. The molecule has 0 aromatic heterocycles. The van der Waals surface area contributed by atoms with Crippen LogP contribution in [0.1, 0.15) is 12.8 Å². The van der Waals surface area contributed by atoms with Crippen molar-refractivity contribution in [2.24, 2.45) is 0 Å². The van der Waals surface area contributed by atoms with Gasteiger partial charge in [-0.1, -0.05) is 11.6 Å². The van der Waals surface area contributed by atoms with E-state index in [0.29, 0.717) is 6.54 Å². The van der Waals surface area contributed by atoms with Crippen LogP contribution in [-0.2, 0) is 10.0 Å². The fourth-order valence-corrected chi connectivity index (χ4v) is 3.43. The Hall–Kier alpha value is -0.690. The molecule has 4 nitrogen and oxygen atoms in total. The molecule has 1 fully saturated rings. The first-order chi connectivity index (χ1) is 8.49. The molecule has 2 N–H and O–H groups in total. The van der Waals surface area contributed by atoms with Gasteiger partial charge >= 0.3 is 0 Å². The molecule has 0 bridgehead atoms. The number of benzene rings is 1. The second kappa shape index (κ2) is 5.52. The maximum atomic E-state index is 13.0. The summed E-state index contributed by atoms with van der Waals surface area (Å²) in [5.74, 6) is -0.630. The summed E-state index contributed by atoms with van der Waals surface area (Å²) in [6.07, 6.45) is 1.72. The maximum absolute atomic E-state index is 13.0. The van der Waals surface area contributed by atoms with E-state index in [9.17, 15) is 12.8 Å². The van der Waals surface area contributed by atoms with Crippen molar-refractivity contribution in [2.75, 3.05) is 13.1 Å². The first kappa shape index (κ1) is 13.7. The third kappa shape index (κ3) is 3.20. The predicted octanol–water partition coefficient (Wildman–Crippen LogP) is 1.51. The Morgan fingerprint density at radius 3 is 2.83 bits per heavy atom. The van der Waals surface area contributed by atoms with Crippen LogP contribution in [0.3, 0.4) is 0 Å². The molecule has 1 aliphatic rings. The molecule has 7 heteroatoms. The van der Waals surface area contributed by atoms with Gasteiger partial charge in [-0.15, -0.1) is 0 Å². The van der Waals surface area contributed by atoms with E-state index in [4.69, 9.17) is 11.6 Å². The van der Waals surface area contributed by atoms with Crippen LogP contribution in [0.5, 0.6) is 0 Å². The number of piperidine rings is 1. The van der Waals surface area contributed by atoms with Crippen LogP contribution >= 0.6 is 11.6 Å². The fraction of sp³-hybridized carbons (Fsp3) is 0.455. The highest BCUT2D eigenvalue weighted by molar-refractivity contribution is 7.89. The smallest absolute Gasteiger partial charge is 0.240 e. The lowest BCUT2D eigenvalue weighted by Crippen LogP contribution is -2.45. The molecule has 1 aromatic carbocycles. The molecule has 0 radical (unpaired) electrons. The molecule has 0 spiro atoms. The minimum absolute atomic E-state index is 0.0144. The monoisotopic (exact) mass is 292 g/mol. The highest BCUT2D eigenvalue weighted by atomic mass is 35.5. The summed E-state index contributed by atoms with van der Waals surface area (Å²) < 4.78 is 39.7. The van der Waals surface area contributed by atoms with Gasteiger partial charge in [0.05, 0.1) is 9.92 Å². The van der Waals surface area contributed by atoms with Gasteiger partial charge in [-0.25, -0.2) is 17.5 Å². The van der Waals surface area contributed by atoms with Crippen LogP contribution in [0.25, 0.3) is 0 Å². The van der Waals surface area contributed by atoms with Crippen molar-refractivity contribution in [2.45, 2.75) is 23.8 Å². The Bertz CT molecular complexity index is 530. The molecule has 1 aliphatic heterocycles. The van der Waals surface area contributed by atoms with Gasteiger partial charge in [-0.05, 0) is 37.6 Å². The van der Waals surface area contributed by atoms with Crippen molar-refractivity contribution >= 4 is 21.6 Å². The van der Waals surface area contributed by atoms with E-state index in [2.05, 4.69) is 10.0 Å². The van der Waals surface area contributed by atoms with Crippen molar-refractivity contribution < 1.29 is 12.8 Å². The van der Waals surface area contributed by atoms with E-state index in [0.717, 1.165) is 31.5 Å². The fourth-order valence-electron chi connectivity index (χ4n) is 1.88. The van der Waals surface area contributed by atoms with Gasteiger partial charge in [0.1, 0.15) is 5.82 Å². The van der Waals surface area contributed by atoms with Crippen molar-refractivity contribution in [1.29, 1.82) is 0 Å². The molecule has 1 aromatic rings. The molecule has 0 unspecified atom stereocenters. The lowest BCUT2D eigenvalue weighted by molar-refractivity contribution is 0.428. The van der Waals surface area contributed by atoms with Crippen molar-refractivity contribution in [3.8, 4) is 0 Å². The molecule has 1 atom stereocenters. The molecule has 2 rings (SSSR count). The first-order valence-electron chi connectivity index (χ1n) is 5.67. The van der Waals surface area contributed by atoms with Gasteiger partial charge in [-0.3, -0.25) is 0 Å². The summed E-state index contributed by atoms with van der Waals surface area (Å²) in [5, 5.41) is 2.92. The number of sulfonamides is 1. The average molecular weight is 293 g/mol. The molecular formula is C11H14ClFN2O2S. The normalized spacial score (nSPS) is 20.9. The van der Waals surface area contributed by atoms with Gasteiger partial charge in [0.25, 0.3) is 0 Å². The number of halogens is 2. The maximum Gasteiger partial charge on any atom is 0.240 e. The van der Waals surface area contributed by atoms with Crippen LogP contribution < -0.4 is 10.0 Å². The summed E-state index contributed by atoms with van der Waals surface area (Å²) in [6.45, 7) is 1.51. The van der Waals surface area contributed by atoms with E-state index < -0.39 is 15.8 Å². The van der Waals surface area contributed by atoms with Crippen LogP contribution in [0.15, 0.2) is 23.1 Å². The third-order valence-corrected chi connectivity index (χ3v) is 4.63. The molecule has 18 heavy (non-hydrogen) atoms. The number of hydrogen-bond acceptors (Lipinski definition) is 3. The Morgan fingerprint density at radius 1 is 1.44 bits per heavy atom. The van der Waals surface area contributed by atoms with Gasteiger partial charge in [0.2, 0.25) is 10.0 Å². The van der Waals surface area contributed by atoms with Gasteiger partial charge in [0.15, 0.2) is 0 Å². The van der Waals surface area contributed by atoms with E-state index in [1.54, 1.807) is 0 Å². The van der Waals surface area contributed by atoms with E-state index >= 15 is 0 Å². The number of rotatable bonds is 3. The van der Waals surface area contributed by atoms with E-state index in [1.807, 2.05) is 0 Å². The van der Waals surface area contributed by atoms with Crippen LogP contribution in [-0.4, -0.2) is 27.5 Å². The first-order valence-corrected chi connectivity index (χ1v) is 7.53. The summed E-state index contributed by atoms with van der Waals surface area (Å²) in [5.41, 5.74) is 0. The zero-order valence-electron chi connectivity index (χ0n) is 9.62. The summed E-state index contributed by atoms with van der Waals surface area (Å²) in [6, 6.07) is 3.25. The van der Waals surface area contributed by atoms with Crippen LogP contribution in [0.4, 0.5) is 4.39 Å². The average Bonchev–Trinajstić information content (AvgIpc) is 2.33. The zero-order valence-corrected chi connectivity index (χ0v) is 11.2. The number of nitrogens with one attached hydrogen (secondary N) is 2. The molecule has 1 heterocycles. The molecule has 100 valence electrons. The predicted molar refractivity (Wildman–Crippen MR) is 67.6 cm³/mol. The van der Waals surface area contributed by atoms with Gasteiger partial charge in [0, 0.05) is 12.6 Å². The molecule has 0 aliphatic carbocycles. The van der Waals surface area contributed by atoms with E-state index in [1.165, 1.54) is 6.07 Å². The quantitative estimate of drug-likeness (QED) is 0.888. The molecular weight excluding hydrogens is 279 g/mol. The van der Waals surface area contributed by atoms with Crippen molar-refractivity contribution in [3.05, 3.63) is 29.0 Å². The summed E-state index contributed by atoms with van der Waals surface area (Å²) >= 11 is 5.58. The van der Waals surface area contributed by atoms with Gasteiger partial charge < -0.3 is 5.32 Å². The second-order valence-corrected chi connectivity index (χ2v) is 6.36. The van der Waals surface area contributed by atoms with Crippen molar-refractivity contribution in [3.63, 3.8) is 0 Å². The second-order valence-electron chi connectivity index (χ2n) is 4.24.